The van der Waals surface area contributed by atoms with Crippen LogP contribution in [0.3, 0.4) is 0 Å². The summed E-state index contributed by atoms with van der Waals surface area (Å²) < 4.78 is 11.9. The van der Waals surface area contributed by atoms with Gasteiger partial charge in [0.05, 0.1) is 5.69 Å². The van der Waals surface area contributed by atoms with Gasteiger partial charge >= 0.3 is 0 Å². The number of benzene rings is 2. The summed E-state index contributed by atoms with van der Waals surface area (Å²) in [5.74, 6) is 1.02. The molecule has 5 heteroatoms. The third-order valence-electron chi connectivity index (χ3n) is 3.68. The number of hydrogen-bond acceptors (Lipinski definition) is 4. The van der Waals surface area contributed by atoms with Crippen LogP contribution in [0.15, 0.2) is 60.8 Å². The van der Waals surface area contributed by atoms with E-state index in [2.05, 4.69) is 5.10 Å². The maximum absolute atomic E-state index is 12.5. The van der Waals surface area contributed by atoms with E-state index in [-0.39, 0.29) is 12.7 Å². The van der Waals surface area contributed by atoms with Gasteiger partial charge in [-0.1, -0.05) is 36.4 Å². The first-order valence-electron chi connectivity index (χ1n) is 7.53. The van der Waals surface area contributed by atoms with E-state index in [1.54, 1.807) is 30.5 Å². The van der Waals surface area contributed by atoms with Crippen LogP contribution in [0.4, 0.5) is 0 Å². The number of hydrogen-bond donors (Lipinski definition) is 0. The second-order valence-corrected chi connectivity index (χ2v) is 5.30. The summed E-state index contributed by atoms with van der Waals surface area (Å²) in [4.78, 5) is 12.5. The predicted molar refractivity (Wildman–Crippen MR) is 89.9 cm³/mol. The van der Waals surface area contributed by atoms with Crippen molar-refractivity contribution in [3.63, 3.8) is 0 Å². The van der Waals surface area contributed by atoms with Crippen LogP contribution in [0.1, 0.15) is 21.6 Å². The van der Waals surface area contributed by atoms with Gasteiger partial charge in [0.25, 0.3) is 5.91 Å². The number of carbonyl (C=O) groups excluding carboxylic acids is 1. The number of fused-ring (bicyclic) bond motifs is 1. The summed E-state index contributed by atoms with van der Waals surface area (Å²) in [6.45, 7) is 0.184. The monoisotopic (exact) mass is 318 g/mol. The Morgan fingerprint density at radius 3 is 2.71 bits per heavy atom. The average molecular weight is 318 g/mol. The van der Waals surface area contributed by atoms with Gasteiger partial charge in [0, 0.05) is 11.8 Å². The van der Waals surface area contributed by atoms with Crippen molar-refractivity contribution in [2.45, 2.75) is 0 Å². The van der Waals surface area contributed by atoms with Crippen molar-refractivity contribution in [3.8, 4) is 11.5 Å². The Labute approximate surface area is 138 Å². The van der Waals surface area contributed by atoms with E-state index in [0.29, 0.717) is 22.8 Å². The summed E-state index contributed by atoms with van der Waals surface area (Å²) in [6.07, 6.45) is 5.48. The van der Waals surface area contributed by atoms with Crippen LogP contribution in [-0.4, -0.2) is 22.5 Å². The molecule has 0 spiro atoms. The summed E-state index contributed by atoms with van der Waals surface area (Å²) in [7, 11) is 0. The van der Waals surface area contributed by atoms with Crippen molar-refractivity contribution in [1.29, 1.82) is 0 Å². The highest BCUT2D eigenvalue weighted by molar-refractivity contribution is 5.96. The number of rotatable bonds is 3. The zero-order valence-corrected chi connectivity index (χ0v) is 12.8. The van der Waals surface area contributed by atoms with E-state index < -0.39 is 0 Å². The second-order valence-electron chi connectivity index (χ2n) is 5.30. The maximum atomic E-state index is 12.5. The van der Waals surface area contributed by atoms with Gasteiger partial charge in [-0.25, -0.2) is 4.68 Å². The van der Waals surface area contributed by atoms with E-state index in [4.69, 9.17) is 9.47 Å². The SMILES string of the molecule is O=C(c1ccc2c(c1)OCO2)n1ccc(C=Cc2ccccc2)n1. The minimum atomic E-state index is -0.215. The molecule has 0 fully saturated rings. The normalized spacial score (nSPS) is 12.7. The van der Waals surface area contributed by atoms with E-state index in [0.717, 1.165) is 5.56 Å². The highest BCUT2D eigenvalue weighted by Crippen LogP contribution is 2.32. The molecule has 0 atom stereocenters. The minimum absolute atomic E-state index is 0.184. The van der Waals surface area contributed by atoms with Crippen molar-refractivity contribution < 1.29 is 14.3 Å². The summed E-state index contributed by atoms with van der Waals surface area (Å²) >= 11 is 0. The molecule has 0 N–H and O–H groups in total. The molecule has 0 saturated heterocycles. The molecular weight excluding hydrogens is 304 g/mol. The summed E-state index contributed by atoms with van der Waals surface area (Å²) in [5.41, 5.74) is 2.29. The molecule has 5 nitrogen and oxygen atoms in total. The Morgan fingerprint density at radius 1 is 1.00 bits per heavy atom. The van der Waals surface area contributed by atoms with Gasteiger partial charge in [0.2, 0.25) is 6.79 Å². The quantitative estimate of drug-likeness (QED) is 0.742. The zero-order chi connectivity index (χ0) is 16.4. The summed E-state index contributed by atoms with van der Waals surface area (Å²) in [6, 6.07) is 16.8. The van der Waals surface area contributed by atoms with Crippen LogP contribution in [0, 0.1) is 0 Å². The van der Waals surface area contributed by atoms with Crippen molar-refractivity contribution >= 4 is 18.1 Å². The van der Waals surface area contributed by atoms with Gasteiger partial charge in [0.1, 0.15) is 0 Å². The fraction of sp³-hybridized carbons (Fsp3) is 0.0526. The molecule has 1 aliphatic heterocycles. The average Bonchev–Trinajstić information content (AvgIpc) is 3.29. The predicted octanol–water partition coefficient (Wildman–Crippen LogP) is 3.47. The molecule has 4 rings (SSSR count). The van der Waals surface area contributed by atoms with Crippen LogP contribution in [0.5, 0.6) is 11.5 Å². The van der Waals surface area contributed by atoms with Gasteiger partial charge in [-0.15, -0.1) is 0 Å². The Hall–Kier alpha value is -3.34. The lowest BCUT2D eigenvalue weighted by Crippen LogP contribution is -2.12. The third-order valence-corrected chi connectivity index (χ3v) is 3.68. The molecule has 118 valence electrons. The fourth-order valence-corrected chi connectivity index (χ4v) is 2.45. The molecule has 0 bridgehead atoms. The number of carbonyl (C=O) groups is 1. The topological polar surface area (TPSA) is 53.4 Å². The Bertz CT molecular complexity index is 913. The van der Waals surface area contributed by atoms with Crippen molar-refractivity contribution in [3.05, 3.63) is 77.6 Å². The Morgan fingerprint density at radius 2 is 1.83 bits per heavy atom. The highest BCUT2D eigenvalue weighted by Gasteiger charge is 2.17. The molecule has 24 heavy (non-hydrogen) atoms. The van der Waals surface area contributed by atoms with Crippen molar-refractivity contribution in [1.82, 2.24) is 9.78 Å². The molecule has 1 aromatic heterocycles. The molecule has 0 unspecified atom stereocenters. The smallest absolute Gasteiger partial charge is 0.278 e. The molecule has 2 heterocycles. The molecule has 0 aliphatic carbocycles. The summed E-state index contributed by atoms with van der Waals surface area (Å²) in [5, 5.41) is 4.30. The fourth-order valence-electron chi connectivity index (χ4n) is 2.45. The zero-order valence-electron chi connectivity index (χ0n) is 12.8. The third kappa shape index (κ3) is 2.79. The van der Waals surface area contributed by atoms with Gasteiger partial charge in [-0.2, -0.15) is 5.10 Å². The van der Waals surface area contributed by atoms with Gasteiger partial charge < -0.3 is 9.47 Å². The lowest BCUT2D eigenvalue weighted by molar-refractivity contribution is 0.0944. The lowest BCUT2D eigenvalue weighted by Gasteiger charge is -2.02. The maximum Gasteiger partial charge on any atom is 0.278 e. The first-order valence-corrected chi connectivity index (χ1v) is 7.53. The van der Waals surface area contributed by atoms with Gasteiger partial charge in [0.15, 0.2) is 11.5 Å². The van der Waals surface area contributed by atoms with Gasteiger partial charge in [-0.05, 0) is 35.9 Å². The number of nitrogens with zero attached hydrogens (tertiary/aromatic N) is 2. The van der Waals surface area contributed by atoms with E-state index in [1.165, 1.54) is 4.68 Å². The van der Waals surface area contributed by atoms with Crippen molar-refractivity contribution in [2.24, 2.45) is 0 Å². The lowest BCUT2D eigenvalue weighted by atomic mass is 10.2. The molecule has 3 aromatic rings. The minimum Gasteiger partial charge on any atom is -0.454 e. The molecule has 0 amide bonds. The molecule has 1 aliphatic rings. The van der Waals surface area contributed by atoms with Crippen LogP contribution in [0.2, 0.25) is 0 Å². The Balaban J connectivity index is 1.54. The van der Waals surface area contributed by atoms with Crippen LogP contribution in [0.25, 0.3) is 12.2 Å². The molecule has 2 aromatic carbocycles. The first kappa shape index (κ1) is 14.3. The van der Waals surface area contributed by atoms with Gasteiger partial charge in [-0.3, -0.25) is 4.79 Å². The largest absolute Gasteiger partial charge is 0.454 e. The molecule has 0 radical (unpaired) electrons. The standard InChI is InChI=1S/C19H14N2O3/c22-19(15-7-9-17-18(12-15)24-13-23-17)21-11-10-16(20-21)8-6-14-4-2-1-3-5-14/h1-12H,13H2. The molecule has 0 saturated carbocycles. The Kier molecular flexibility index (Phi) is 3.59. The van der Waals surface area contributed by atoms with E-state index in [9.17, 15) is 4.79 Å². The van der Waals surface area contributed by atoms with Crippen LogP contribution in [-0.2, 0) is 0 Å². The second kappa shape index (κ2) is 6.04. The van der Waals surface area contributed by atoms with Crippen LogP contribution >= 0.6 is 0 Å². The first-order chi connectivity index (χ1) is 11.8. The van der Waals surface area contributed by atoms with E-state index in [1.807, 2.05) is 42.5 Å². The highest BCUT2D eigenvalue weighted by atomic mass is 16.7. The van der Waals surface area contributed by atoms with Crippen LogP contribution < -0.4 is 9.47 Å². The molecular formula is C19H14N2O3. The van der Waals surface area contributed by atoms with E-state index >= 15 is 0 Å². The number of aromatic nitrogens is 2. The van der Waals surface area contributed by atoms with Crippen molar-refractivity contribution in [2.75, 3.05) is 6.79 Å². The number of ether oxygens (including phenoxy) is 2.